The Morgan fingerprint density at radius 2 is 2.06 bits per heavy atom. The van der Waals surface area contributed by atoms with Gasteiger partial charge >= 0.3 is 0 Å². The fourth-order valence-corrected chi connectivity index (χ4v) is 2.00. The minimum atomic E-state index is -0.840. The molecule has 0 saturated heterocycles. The van der Waals surface area contributed by atoms with E-state index in [0.717, 1.165) is 24.6 Å². The fraction of sp³-hybridized carbons (Fsp3) is 0.385. The van der Waals surface area contributed by atoms with Crippen LogP contribution in [0.3, 0.4) is 0 Å². The van der Waals surface area contributed by atoms with Crippen LogP contribution in [0.2, 0.25) is 0 Å². The van der Waals surface area contributed by atoms with Gasteiger partial charge in [-0.2, -0.15) is 0 Å². The van der Waals surface area contributed by atoms with Crippen molar-refractivity contribution in [2.45, 2.75) is 6.42 Å². The van der Waals surface area contributed by atoms with E-state index >= 15 is 0 Å². The predicted octanol–water partition coefficient (Wildman–Crippen LogP) is 1.91. The van der Waals surface area contributed by atoms with E-state index in [1.165, 1.54) is 0 Å². The van der Waals surface area contributed by atoms with Crippen LogP contribution < -0.4 is 0 Å². The van der Waals surface area contributed by atoms with E-state index in [-0.39, 0.29) is 12.1 Å². The standard InChI is InChI=1S/C13H16F2N2O/c1-17(6-7-18)5-4-9-8-16-13-10(9)2-3-11(14)12(13)15/h2-3,8,16,18H,4-7H2,1H3. The molecule has 2 rings (SSSR count). The molecule has 98 valence electrons. The molecule has 5 heteroatoms. The molecule has 1 aromatic heterocycles. The third-order valence-corrected chi connectivity index (χ3v) is 3.08. The highest BCUT2D eigenvalue weighted by Crippen LogP contribution is 2.23. The quantitative estimate of drug-likeness (QED) is 0.855. The minimum Gasteiger partial charge on any atom is -0.395 e. The third-order valence-electron chi connectivity index (χ3n) is 3.08. The zero-order valence-electron chi connectivity index (χ0n) is 10.2. The number of H-pyrrole nitrogens is 1. The van der Waals surface area contributed by atoms with Gasteiger partial charge in [0.25, 0.3) is 0 Å². The molecule has 1 aromatic carbocycles. The monoisotopic (exact) mass is 254 g/mol. The van der Waals surface area contributed by atoms with Crippen molar-refractivity contribution < 1.29 is 13.9 Å². The molecular formula is C13H16F2N2O. The Labute approximate surface area is 104 Å². The number of nitrogens with zero attached hydrogens (tertiary/aromatic N) is 1. The number of aliphatic hydroxyl groups is 1. The van der Waals surface area contributed by atoms with Crippen LogP contribution in [0.15, 0.2) is 18.3 Å². The molecule has 0 spiro atoms. The van der Waals surface area contributed by atoms with Crippen LogP contribution in [0.1, 0.15) is 5.56 Å². The Morgan fingerprint density at radius 1 is 1.28 bits per heavy atom. The maximum Gasteiger partial charge on any atom is 0.182 e. The zero-order valence-corrected chi connectivity index (χ0v) is 10.2. The summed E-state index contributed by atoms with van der Waals surface area (Å²) < 4.78 is 26.5. The van der Waals surface area contributed by atoms with E-state index < -0.39 is 11.6 Å². The molecule has 0 radical (unpaired) electrons. The van der Waals surface area contributed by atoms with Crippen LogP contribution in [0.4, 0.5) is 8.78 Å². The summed E-state index contributed by atoms with van der Waals surface area (Å²) in [7, 11) is 1.91. The number of aromatic amines is 1. The van der Waals surface area contributed by atoms with Crippen LogP contribution in [0.25, 0.3) is 10.9 Å². The smallest absolute Gasteiger partial charge is 0.182 e. The number of fused-ring (bicyclic) bond motifs is 1. The van der Waals surface area contributed by atoms with Crippen molar-refractivity contribution in [3.05, 3.63) is 35.5 Å². The molecule has 0 fully saturated rings. The molecule has 0 saturated carbocycles. The van der Waals surface area contributed by atoms with E-state index in [1.807, 2.05) is 11.9 Å². The number of halogens is 2. The van der Waals surface area contributed by atoms with Gasteiger partial charge < -0.3 is 15.0 Å². The van der Waals surface area contributed by atoms with E-state index in [2.05, 4.69) is 4.98 Å². The number of hydrogen-bond acceptors (Lipinski definition) is 2. The molecule has 0 unspecified atom stereocenters. The first-order chi connectivity index (χ1) is 8.63. The summed E-state index contributed by atoms with van der Waals surface area (Å²) in [4.78, 5) is 4.75. The Bertz CT molecular complexity index is 539. The lowest BCUT2D eigenvalue weighted by atomic mass is 10.1. The number of likely N-dealkylation sites (N-methyl/N-ethyl adjacent to an activating group) is 1. The molecule has 2 aromatic rings. The number of nitrogens with one attached hydrogen (secondary N) is 1. The maximum atomic E-state index is 13.5. The largest absolute Gasteiger partial charge is 0.395 e. The van der Waals surface area contributed by atoms with Crippen molar-refractivity contribution in [2.75, 3.05) is 26.7 Å². The molecule has 2 N–H and O–H groups in total. The molecule has 3 nitrogen and oxygen atoms in total. The average Bonchev–Trinajstić information content (AvgIpc) is 2.75. The van der Waals surface area contributed by atoms with Gasteiger partial charge in [-0.15, -0.1) is 0 Å². The summed E-state index contributed by atoms with van der Waals surface area (Å²) in [6.45, 7) is 1.47. The number of benzene rings is 1. The van der Waals surface area contributed by atoms with Crippen molar-refractivity contribution in [3.63, 3.8) is 0 Å². The second-order valence-electron chi connectivity index (χ2n) is 4.37. The highest BCUT2D eigenvalue weighted by atomic mass is 19.2. The van der Waals surface area contributed by atoms with Gasteiger partial charge in [-0.3, -0.25) is 0 Å². The van der Waals surface area contributed by atoms with Gasteiger partial charge in [0, 0.05) is 24.7 Å². The van der Waals surface area contributed by atoms with Crippen LogP contribution in [0.5, 0.6) is 0 Å². The normalized spacial score (nSPS) is 11.6. The first-order valence-electron chi connectivity index (χ1n) is 5.87. The molecule has 0 aliphatic rings. The Hall–Kier alpha value is -1.46. The lowest BCUT2D eigenvalue weighted by molar-refractivity contribution is 0.223. The van der Waals surface area contributed by atoms with Gasteiger partial charge in [0.15, 0.2) is 11.6 Å². The molecule has 0 aliphatic heterocycles. The van der Waals surface area contributed by atoms with Crippen molar-refractivity contribution in [3.8, 4) is 0 Å². The molecule has 0 atom stereocenters. The minimum absolute atomic E-state index is 0.115. The fourth-order valence-electron chi connectivity index (χ4n) is 2.00. The van der Waals surface area contributed by atoms with E-state index in [1.54, 1.807) is 12.3 Å². The zero-order chi connectivity index (χ0) is 13.1. The van der Waals surface area contributed by atoms with Crippen LogP contribution in [0, 0.1) is 11.6 Å². The highest BCUT2D eigenvalue weighted by molar-refractivity contribution is 5.83. The molecule has 0 bridgehead atoms. The van der Waals surface area contributed by atoms with Gasteiger partial charge in [0.2, 0.25) is 0 Å². The first-order valence-corrected chi connectivity index (χ1v) is 5.87. The van der Waals surface area contributed by atoms with Crippen molar-refractivity contribution in [2.24, 2.45) is 0 Å². The number of hydrogen-bond donors (Lipinski definition) is 2. The van der Waals surface area contributed by atoms with Crippen LogP contribution in [-0.4, -0.2) is 41.7 Å². The molecule has 18 heavy (non-hydrogen) atoms. The lowest BCUT2D eigenvalue weighted by Crippen LogP contribution is -2.24. The molecule has 0 amide bonds. The van der Waals surface area contributed by atoms with Gasteiger partial charge in [0.05, 0.1) is 12.1 Å². The summed E-state index contributed by atoms with van der Waals surface area (Å²) in [6.07, 6.45) is 2.43. The van der Waals surface area contributed by atoms with Crippen molar-refractivity contribution in [1.29, 1.82) is 0 Å². The Balaban J connectivity index is 2.17. The number of aliphatic hydroxyl groups excluding tert-OH is 1. The van der Waals surface area contributed by atoms with E-state index in [0.29, 0.717) is 11.9 Å². The topological polar surface area (TPSA) is 39.3 Å². The lowest BCUT2D eigenvalue weighted by Gasteiger charge is -2.14. The SMILES string of the molecule is CN(CCO)CCc1c[nH]c2c(F)c(F)ccc12. The highest BCUT2D eigenvalue weighted by Gasteiger charge is 2.11. The Kier molecular flexibility index (Phi) is 3.93. The van der Waals surface area contributed by atoms with Gasteiger partial charge in [-0.1, -0.05) is 0 Å². The number of rotatable bonds is 5. The second-order valence-corrected chi connectivity index (χ2v) is 4.37. The van der Waals surface area contributed by atoms with Gasteiger partial charge in [-0.05, 0) is 31.2 Å². The average molecular weight is 254 g/mol. The van der Waals surface area contributed by atoms with Crippen LogP contribution >= 0.6 is 0 Å². The van der Waals surface area contributed by atoms with E-state index in [4.69, 9.17) is 5.11 Å². The molecule has 1 heterocycles. The number of aromatic nitrogens is 1. The van der Waals surface area contributed by atoms with Gasteiger partial charge in [0.1, 0.15) is 0 Å². The van der Waals surface area contributed by atoms with Crippen molar-refractivity contribution >= 4 is 10.9 Å². The second kappa shape index (κ2) is 5.46. The Morgan fingerprint density at radius 3 is 2.78 bits per heavy atom. The third kappa shape index (κ3) is 2.52. The molecular weight excluding hydrogens is 238 g/mol. The summed E-state index contributed by atoms with van der Waals surface area (Å²) in [5.41, 5.74) is 1.17. The van der Waals surface area contributed by atoms with Gasteiger partial charge in [-0.25, -0.2) is 8.78 Å². The maximum absolute atomic E-state index is 13.5. The first kappa shape index (κ1) is 13.0. The summed E-state index contributed by atoms with van der Waals surface area (Å²) in [5.74, 6) is -1.67. The summed E-state index contributed by atoms with van der Waals surface area (Å²) in [6, 6.07) is 2.73. The van der Waals surface area contributed by atoms with Crippen LogP contribution in [-0.2, 0) is 6.42 Å². The van der Waals surface area contributed by atoms with E-state index in [9.17, 15) is 8.78 Å². The van der Waals surface area contributed by atoms with Crippen molar-refractivity contribution in [1.82, 2.24) is 9.88 Å². The summed E-state index contributed by atoms with van der Waals surface area (Å²) >= 11 is 0. The predicted molar refractivity (Wildman–Crippen MR) is 66.5 cm³/mol. The summed E-state index contributed by atoms with van der Waals surface area (Å²) in [5, 5.41) is 9.51. The molecule has 0 aliphatic carbocycles.